The Bertz CT molecular complexity index is 542. The van der Waals surface area contributed by atoms with Gasteiger partial charge in [0.05, 0.1) is 66.1 Å². The fourth-order valence-corrected chi connectivity index (χ4v) is 2.32. The van der Waals surface area contributed by atoms with Crippen molar-refractivity contribution in [3.8, 4) is 0 Å². The molecule has 0 atom stereocenters. The fourth-order valence-electron chi connectivity index (χ4n) is 2.32. The zero-order valence-corrected chi connectivity index (χ0v) is 18.7. The van der Waals surface area contributed by atoms with E-state index in [1.165, 1.54) is 12.2 Å². The molecule has 0 saturated heterocycles. The number of carbonyl (C=O) groups is 3. The number of imide groups is 1. The second kappa shape index (κ2) is 19.6. The van der Waals surface area contributed by atoms with E-state index in [2.05, 4.69) is 10.6 Å². The third-order valence-electron chi connectivity index (χ3n) is 3.95. The average molecular weight is 462 g/mol. The Hall–Kier alpha value is -2.09. The number of nitrogens with zero attached hydrogens (tertiary/aromatic N) is 1. The van der Waals surface area contributed by atoms with E-state index in [0.29, 0.717) is 59.5 Å². The highest BCUT2D eigenvalue weighted by Gasteiger charge is 2.22. The largest absolute Gasteiger partial charge is 0.447 e. The molecular weight excluding hydrogens is 426 g/mol. The summed E-state index contributed by atoms with van der Waals surface area (Å²) in [6.07, 6.45) is 1.74. The topological polar surface area (TPSA) is 134 Å². The number of likely N-dealkylation sites (N-methyl/N-ethyl adjacent to an activating group) is 1. The summed E-state index contributed by atoms with van der Waals surface area (Å²) in [7, 11) is 1.88. The zero-order valence-electron chi connectivity index (χ0n) is 18.7. The molecule has 1 aliphatic heterocycles. The van der Waals surface area contributed by atoms with E-state index < -0.39 is 17.9 Å². The highest BCUT2D eigenvalue weighted by Crippen LogP contribution is 2.01. The van der Waals surface area contributed by atoms with Gasteiger partial charge in [-0.15, -0.1) is 0 Å². The van der Waals surface area contributed by atoms with E-state index in [4.69, 9.17) is 28.4 Å². The molecule has 0 spiro atoms. The Morgan fingerprint density at radius 2 is 1.16 bits per heavy atom. The van der Waals surface area contributed by atoms with Gasteiger partial charge in [0, 0.05) is 31.8 Å². The molecule has 1 rings (SSSR count). The molecule has 2 N–H and O–H groups in total. The lowest BCUT2D eigenvalue weighted by Gasteiger charge is -2.14. The van der Waals surface area contributed by atoms with Gasteiger partial charge >= 0.3 is 6.09 Å². The Morgan fingerprint density at radius 3 is 1.62 bits per heavy atom. The van der Waals surface area contributed by atoms with Crippen LogP contribution in [0.3, 0.4) is 0 Å². The first-order chi connectivity index (χ1) is 15.6. The summed E-state index contributed by atoms with van der Waals surface area (Å²) in [6, 6.07) is 0. The molecule has 12 nitrogen and oxygen atoms in total. The normalized spacial score (nSPS) is 13.2. The van der Waals surface area contributed by atoms with Crippen molar-refractivity contribution in [1.82, 2.24) is 15.5 Å². The van der Waals surface area contributed by atoms with Gasteiger partial charge in [-0.25, -0.2) is 4.79 Å². The van der Waals surface area contributed by atoms with Gasteiger partial charge in [-0.05, 0) is 7.05 Å². The highest BCUT2D eigenvalue weighted by molar-refractivity contribution is 6.12. The predicted octanol–water partition coefficient (Wildman–Crippen LogP) is -1.06. The minimum atomic E-state index is -0.639. The molecule has 1 aliphatic rings. The lowest BCUT2D eigenvalue weighted by Crippen LogP contribution is -2.38. The van der Waals surface area contributed by atoms with Crippen LogP contribution in [0, 0.1) is 0 Å². The SMILES string of the molecule is CNCCOCCOCCOCCOCCOCCOC(=O)NCCN1C(=O)C=CC1=O. The monoisotopic (exact) mass is 461 g/mol. The molecule has 3 amide bonds. The quantitative estimate of drug-likeness (QED) is 0.161. The molecule has 0 saturated carbocycles. The first-order valence-electron chi connectivity index (χ1n) is 10.6. The second-order valence-corrected chi connectivity index (χ2v) is 6.39. The van der Waals surface area contributed by atoms with Crippen molar-refractivity contribution in [3.05, 3.63) is 12.2 Å². The second-order valence-electron chi connectivity index (χ2n) is 6.39. The van der Waals surface area contributed by atoms with Crippen molar-refractivity contribution in [3.63, 3.8) is 0 Å². The van der Waals surface area contributed by atoms with E-state index in [9.17, 15) is 14.4 Å². The summed E-state index contributed by atoms with van der Waals surface area (Å²) in [5, 5.41) is 5.46. The molecule has 32 heavy (non-hydrogen) atoms. The van der Waals surface area contributed by atoms with Crippen molar-refractivity contribution in [2.75, 3.05) is 99.4 Å². The van der Waals surface area contributed by atoms with Crippen LogP contribution in [0.1, 0.15) is 0 Å². The Labute approximate surface area is 188 Å². The molecule has 0 aromatic rings. The van der Waals surface area contributed by atoms with Crippen LogP contribution < -0.4 is 10.6 Å². The number of ether oxygens (including phenoxy) is 6. The molecule has 12 heteroatoms. The van der Waals surface area contributed by atoms with E-state index in [1.54, 1.807) is 0 Å². The zero-order chi connectivity index (χ0) is 23.3. The Kier molecular flexibility index (Phi) is 17.1. The molecule has 0 radical (unpaired) electrons. The maximum atomic E-state index is 11.5. The number of nitrogens with one attached hydrogen (secondary N) is 2. The summed E-state index contributed by atoms with van der Waals surface area (Å²) < 4.78 is 31.6. The smallest absolute Gasteiger partial charge is 0.407 e. The molecule has 1 heterocycles. The summed E-state index contributed by atoms with van der Waals surface area (Å²) in [5.74, 6) is -0.780. The number of amides is 3. The molecule has 0 bridgehead atoms. The molecule has 184 valence electrons. The van der Waals surface area contributed by atoms with Crippen LogP contribution >= 0.6 is 0 Å². The molecule has 0 aromatic carbocycles. The number of carbonyl (C=O) groups excluding carboxylic acids is 3. The predicted molar refractivity (Wildman–Crippen MR) is 113 cm³/mol. The lowest BCUT2D eigenvalue weighted by molar-refractivity contribution is -0.136. The summed E-state index contributed by atoms with van der Waals surface area (Å²) in [6.45, 7) is 5.84. The summed E-state index contributed by atoms with van der Waals surface area (Å²) in [5.41, 5.74) is 0. The molecule has 0 aliphatic carbocycles. The summed E-state index contributed by atoms with van der Waals surface area (Å²) in [4.78, 5) is 35.2. The number of hydrogen-bond donors (Lipinski definition) is 2. The van der Waals surface area contributed by atoms with E-state index in [-0.39, 0.29) is 26.3 Å². The van der Waals surface area contributed by atoms with Crippen molar-refractivity contribution < 1.29 is 42.8 Å². The standard InChI is InChI=1S/C20H35N3O9/c1-21-5-7-27-8-9-28-10-11-29-12-13-30-14-15-31-16-17-32-20(26)22-4-6-23-18(24)2-3-19(23)25/h2-3,21H,4-17H2,1H3,(H,22,26). The minimum Gasteiger partial charge on any atom is -0.447 e. The van der Waals surface area contributed by atoms with Gasteiger partial charge in [0.1, 0.15) is 6.61 Å². The summed E-state index contributed by atoms with van der Waals surface area (Å²) >= 11 is 0. The third kappa shape index (κ3) is 14.8. The van der Waals surface area contributed by atoms with Crippen LogP contribution in [-0.4, -0.2) is 122 Å². The molecular formula is C20H35N3O9. The number of alkyl carbamates (subject to hydrolysis) is 1. The fraction of sp³-hybridized carbons (Fsp3) is 0.750. The maximum Gasteiger partial charge on any atom is 0.407 e. The van der Waals surface area contributed by atoms with Crippen LogP contribution in [0.15, 0.2) is 12.2 Å². The van der Waals surface area contributed by atoms with Crippen molar-refractivity contribution >= 4 is 17.9 Å². The van der Waals surface area contributed by atoms with Crippen molar-refractivity contribution in [2.24, 2.45) is 0 Å². The van der Waals surface area contributed by atoms with E-state index in [0.717, 1.165) is 11.4 Å². The molecule has 0 fully saturated rings. The van der Waals surface area contributed by atoms with Gasteiger partial charge in [0.25, 0.3) is 11.8 Å². The lowest BCUT2D eigenvalue weighted by atomic mass is 10.5. The van der Waals surface area contributed by atoms with Gasteiger partial charge in [-0.3, -0.25) is 14.5 Å². The van der Waals surface area contributed by atoms with E-state index >= 15 is 0 Å². The van der Waals surface area contributed by atoms with Crippen LogP contribution in [0.2, 0.25) is 0 Å². The first-order valence-corrected chi connectivity index (χ1v) is 10.6. The van der Waals surface area contributed by atoms with Gasteiger partial charge in [0.2, 0.25) is 0 Å². The average Bonchev–Trinajstić information content (AvgIpc) is 3.10. The van der Waals surface area contributed by atoms with Crippen molar-refractivity contribution in [2.45, 2.75) is 0 Å². The van der Waals surface area contributed by atoms with Gasteiger partial charge < -0.3 is 39.1 Å². The number of hydrogen-bond acceptors (Lipinski definition) is 10. The Morgan fingerprint density at radius 1 is 0.719 bits per heavy atom. The Balaban J connectivity index is 1.75. The first kappa shape index (κ1) is 27.9. The van der Waals surface area contributed by atoms with Crippen LogP contribution in [-0.2, 0) is 38.0 Å². The van der Waals surface area contributed by atoms with Gasteiger partial charge in [-0.1, -0.05) is 0 Å². The van der Waals surface area contributed by atoms with Crippen LogP contribution in [0.25, 0.3) is 0 Å². The maximum absolute atomic E-state index is 11.5. The van der Waals surface area contributed by atoms with Crippen molar-refractivity contribution in [1.29, 1.82) is 0 Å². The molecule has 0 unspecified atom stereocenters. The highest BCUT2D eigenvalue weighted by atomic mass is 16.6. The van der Waals surface area contributed by atoms with Gasteiger partial charge in [0.15, 0.2) is 0 Å². The van der Waals surface area contributed by atoms with Crippen LogP contribution in [0.4, 0.5) is 4.79 Å². The van der Waals surface area contributed by atoms with Crippen LogP contribution in [0.5, 0.6) is 0 Å². The number of rotatable bonds is 21. The molecule has 0 aromatic heterocycles. The third-order valence-corrected chi connectivity index (χ3v) is 3.95. The van der Waals surface area contributed by atoms with Gasteiger partial charge in [-0.2, -0.15) is 0 Å². The van der Waals surface area contributed by atoms with E-state index in [1.807, 2.05) is 7.05 Å². The minimum absolute atomic E-state index is 0.0820.